The summed E-state index contributed by atoms with van der Waals surface area (Å²) in [5.74, 6) is 0.786. The van der Waals surface area contributed by atoms with Gasteiger partial charge in [-0.15, -0.1) is 0 Å². The standard InChI is InChI=1S/C34H29N3O4/c1-40-31-13-9-22(10-14-31)24-5-3-7-29(20-24)36-33(38)26-17-27(19-28(35)18-26)34(39)37-30-8-4-6-25(21-30)23-11-15-32(41-2)16-12-23/h3-21H,35H2,1-2H3,(H,36,38)(H,37,39). The zero-order chi connectivity index (χ0) is 28.8. The molecule has 204 valence electrons. The SMILES string of the molecule is COc1ccc(-c2cccc(NC(=O)c3cc(N)cc(C(=O)Nc4cccc(-c5ccc(OC)cc5)c4)c3)c2)cc1. The van der Waals surface area contributed by atoms with Crippen LogP contribution in [0.15, 0.2) is 115 Å². The zero-order valence-corrected chi connectivity index (χ0v) is 22.7. The molecular weight excluding hydrogens is 514 g/mol. The Morgan fingerprint density at radius 1 is 0.537 bits per heavy atom. The van der Waals surface area contributed by atoms with Gasteiger partial charge in [0.2, 0.25) is 0 Å². The first kappa shape index (κ1) is 27.0. The van der Waals surface area contributed by atoms with E-state index >= 15 is 0 Å². The molecule has 0 unspecified atom stereocenters. The summed E-state index contributed by atoms with van der Waals surface area (Å²) in [6.07, 6.45) is 0. The molecule has 0 spiro atoms. The third-order valence-electron chi connectivity index (χ3n) is 6.57. The molecule has 2 amide bonds. The van der Waals surface area contributed by atoms with Crippen molar-refractivity contribution in [3.05, 3.63) is 126 Å². The van der Waals surface area contributed by atoms with Crippen LogP contribution in [-0.4, -0.2) is 26.0 Å². The van der Waals surface area contributed by atoms with Crippen LogP contribution in [-0.2, 0) is 0 Å². The Morgan fingerprint density at radius 2 is 0.951 bits per heavy atom. The maximum absolute atomic E-state index is 13.2. The van der Waals surface area contributed by atoms with Crippen LogP contribution >= 0.6 is 0 Å². The second-order valence-corrected chi connectivity index (χ2v) is 9.37. The molecule has 0 aliphatic carbocycles. The lowest BCUT2D eigenvalue weighted by atomic mass is 10.0. The number of methoxy groups -OCH3 is 2. The average Bonchev–Trinajstić information content (AvgIpc) is 3.01. The molecule has 5 rings (SSSR count). The van der Waals surface area contributed by atoms with Crippen molar-refractivity contribution >= 4 is 28.9 Å². The predicted molar refractivity (Wildman–Crippen MR) is 164 cm³/mol. The number of carbonyl (C=O) groups excluding carboxylic acids is 2. The number of rotatable bonds is 8. The topological polar surface area (TPSA) is 103 Å². The molecule has 7 nitrogen and oxygen atoms in total. The maximum Gasteiger partial charge on any atom is 0.255 e. The fourth-order valence-electron chi connectivity index (χ4n) is 4.44. The first-order chi connectivity index (χ1) is 19.9. The van der Waals surface area contributed by atoms with E-state index in [1.165, 1.54) is 6.07 Å². The summed E-state index contributed by atoms with van der Waals surface area (Å²) in [7, 11) is 3.25. The van der Waals surface area contributed by atoms with Gasteiger partial charge in [0.1, 0.15) is 11.5 Å². The van der Waals surface area contributed by atoms with E-state index in [-0.39, 0.29) is 22.9 Å². The Balaban J connectivity index is 1.31. The second kappa shape index (κ2) is 12.1. The molecule has 0 fully saturated rings. The van der Waals surface area contributed by atoms with Gasteiger partial charge in [0.25, 0.3) is 11.8 Å². The molecule has 0 saturated carbocycles. The molecule has 0 aliphatic heterocycles. The number of nitrogens with two attached hydrogens (primary N) is 1. The van der Waals surface area contributed by atoms with Crippen molar-refractivity contribution < 1.29 is 19.1 Å². The highest BCUT2D eigenvalue weighted by Gasteiger charge is 2.14. The summed E-state index contributed by atoms with van der Waals surface area (Å²) >= 11 is 0. The van der Waals surface area contributed by atoms with Crippen molar-refractivity contribution in [1.82, 2.24) is 0 Å². The molecule has 4 N–H and O–H groups in total. The summed E-state index contributed by atoms with van der Waals surface area (Å²) in [5.41, 5.74) is 12.0. The van der Waals surface area contributed by atoms with Crippen molar-refractivity contribution in [1.29, 1.82) is 0 Å². The van der Waals surface area contributed by atoms with E-state index in [0.29, 0.717) is 17.1 Å². The lowest BCUT2D eigenvalue weighted by Crippen LogP contribution is -2.16. The number of benzene rings is 5. The van der Waals surface area contributed by atoms with Crippen LogP contribution in [0.2, 0.25) is 0 Å². The van der Waals surface area contributed by atoms with Gasteiger partial charge in [-0.2, -0.15) is 0 Å². The quantitative estimate of drug-likeness (QED) is 0.181. The van der Waals surface area contributed by atoms with Crippen LogP contribution in [0.3, 0.4) is 0 Å². The number of anilines is 3. The normalized spacial score (nSPS) is 10.5. The molecule has 0 atom stereocenters. The molecule has 5 aromatic rings. The highest BCUT2D eigenvalue weighted by molar-refractivity contribution is 6.09. The number of ether oxygens (including phenoxy) is 2. The van der Waals surface area contributed by atoms with E-state index in [9.17, 15) is 9.59 Å². The van der Waals surface area contributed by atoms with Crippen LogP contribution in [0.5, 0.6) is 11.5 Å². The van der Waals surface area contributed by atoms with Crippen LogP contribution in [0.4, 0.5) is 17.1 Å². The minimum atomic E-state index is -0.375. The predicted octanol–water partition coefficient (Wildman–Crippen LogP) is 7.12. The largest absolute Gasteiger partial charge is 0.497 e. The van der Waals surface area contributed by atoms with E-state index in [4.69, 9.17) is 15.2 Å². The van der Waals surface area contributed by atoms with E-state index in [1.807, 2.05) is 84.9 Å². The monoisotopic (exact) mass is 543 g/mol. The molecule has 0 heterocycles. The lowest BCUT2D eigenvalue weighted by Gasteiger charge is -2.11. The molecule has 0 aliphatic rings. The molecule has 0 bridgehead atoms. The van der Waals surface area contributed by atoms with Gasteiger partial charge in [-0.25, -0.2) is 0 Å². The minimum Gasteiger partial charge on any atom is -0.497 e. The van der Waals surface area contributed by atoms with E-state index in [2.05, 4.69) is 10.6 Å². The number of hydrogen-bond acceptors (Lipinski definition) is 5. The summed E-state index contributed by atoms with van der Waals surface area (Å²) in [5, 5.41) is 5.82. The minimum absolute atomic E-state index is 0.275. The van der Waals surface area contributed by atoms with Crippen LogP contribution in [0.25, 0.3) is 22.3 Å². The van der Waals surface area contributed by atoms with Crippen molar-refractivity contribution in [2.45, 2.75) is 0 Å². The molecule has 7 heteroatoms. The number of carbonyl (C=O) groups is 2. The zero-order valence-electron chi connectivity index (χ0n) is 22.7. The van der Waals surface area contributed by atoms with E-state index < -0.39 is 0 Å². The Hall–Kier alpha value is -5.56. The summed E-state index contributed by atoms with van der Waals surface area (Å²) in [4.78, 5) is 26.3. The Kier molecular flexibility index (Phi) is 7.97. The average molecular weight is 544 g/mol. The van der Waals surface area contributed by atoms with Crippen molar-refractivity contribution in [3.8, 4) is 33.8 Å². The van der Waals surface area contributed by atoms with Crippen LogP contribution in [0, 0.1) is 0 Å². The van der Waals surface area contributed by atoms with Gasteiger partial charge in [0, 0.05) is 28.2 Å². The van der Waals surface area contributed by atoms with Crippen molar-refractivity contribution in [2.75, 3.05) is 30.6 Å². The summed E-state index contributed by atoms with van der Waals surface area (Å²) in [6, 6.07) is 35.0. The number of hydrogen-bond donors (Lipinski definition) is 3. The third-order valence-corrected chi connectivity index (χ3v) is 6.57. The third kappa shape index (κ3) is 6.54. The molecule has 41 heavy (non-hydrogen) atoms. The number of nitrogens with one attached hydrogen (secondary N) is 2. The van der Waals surface area contributed by atoms with Crippen LogP contribution in [0.1, 0.15) is 20.7 Å². The number of nitrogen functional groups attached to an aromatic ring is 1. The van der Waals surface area contributed by atoms with Gasteiger partial charge in [-0.1, -0.05) is 48.5 Å². The molecule has 5 aromatic carbocycles. The smallest absolute Gasteiger partial charge is 0.255 e. The Bertz CT molecular complexity index is 1570. The fraction of sp³-hybridized carbons (Fsp3) is 0.0588. The van der Waals surface area contributed by atoms with Gasteiger partial charge in [-0.3, -0.25) is 9.59 Å². The Morgan fingerprint density at radius 3 is 1.34 bits per heavy atom. The van der Waals surface area contributed by atoms with Crippen LogP contribution < -0.4 is 25.8 Å². The highest BCUT2D eigenvalue weighted by atomic mass is 16.5. The van der Waals surface area contributed by atoms with Crippen molar-refractivity contribution in [2.24, 2.45) is 0 Å². The Labute approximate surface area is 238 Å². The lowest BCUT2D eigenvalue weighted by molar-refractivity contribution is 0.102. The summed E-state index contributed by atoms with van der Waals surface area (Å²) < 4.78 is 10.5. The fourth-order valence-corrected chi connectivity index (χ4v) is 4.44. The van der Waals surface area contributed by atoms with Gasteiger partial charge in [0.05, 0.1) is 14.2 Å². The number of amides is 2. The van der Waals surface area contributed by atoms with Gasteiger partial charge in [-0.05, 0) is 89.0 Å². The molecule has 0 radical (unpaired) electrons. The van der Waals surface area contributed by atoms with Gasteiger partial charge < -0.3 is 25.8 Å². The van der Waals surface area contributed by atoms with E-state index in [0.717, 1.165) is 33.8 Å². The van der Waals surface area contributed by atoms with E-state index in [1.54, 1.807) is 38.5 Å². The second-order valence-electron chi connectivity index (χ2n) is 9.37. The molecular formula is C34H29N3O4. The van der Waals surface area contributed by atoms with Crippen molar-refractivity contribution in [3.63, 3.8) is 0 Å². The first-order valence-electron chi connectivity index (χ1n) is 12.9. The van der Waals surface area contributed by atoms with Gasteiger partial charge >= 0.3 is 0 Å². The molecule has 0 saturated heterocycles. The first-order valence-corrected chi connectivity index (χ1v) is 12.9. The summed E-state index contributed by atoms with van der Waals surface area (Å²) in [6.45, 7) is 0. The molecule has 0 aromatic heterocycles. The van der Waals surface area contributed by atoms with Gasteiger partial charge in [0.15, 0.2) is 0 Å². The maximum atomic E-state index is 13.2. The highest BCUT2D eigenvalue weighted by Crippen LogP contribution is 2.27.